The molecule has 30 heavy (non-hydrogen) atoms. The Balaban J connectivity index is 2.15. The van der Waals surface area contributed by atoms with Crippen LogP contribution in [0.25, 0.3) is 0 Å². The second kappa shape index (κ2) is 12.2. The zero-order chi connectivity index (χ0) is 22.1. The first kappa shape index (κ1) is 24.6. The Hall–Kier alpha value is -1.69. The molecule has 162 valence electrons. The van der Waals surface area contributed by atoms with Crippen LogP contribution in [0.4, 0.5) is 0 Å². The van der Waals surface area contributed by atoms with Crippen molar-refractivity contribution in [2.45, 2.75) is 51.6 Å². The summed E-state index contributed by atoms with van der Waals surface area (Å²) in [6, 6.07) is 14.5. The van der Waals surface area contributed by atoms with Crippen LogP contribution in [0.1, 0.15) is 38.3 Å². The topological polar surface area (TPSA) is 49.4 Å². The molecule has 0 aliphatic rings. The molecule has 2 rings (SSSR count). The minimum atomic E-state index is -0.553. The number of carbonyl (C=O) groups is 2. The number of nitrogens with zero attached hydrogens (tertiary/aromatic N) is 1. The van der Waals surface area contributed by atoms with Gasteiger partial charge in [-0.15, -0.1) is 11.8 Å². The third-order valence-electron chi connectivity index (χ3n) is 4.50. The average Bonchev–Trinajstić information content (AvgIpc) is 2.68. The molecule has 0 radical (unpaired) electrons. The molecule has 0 saturated heterocycles. The molecular weight excluding hydrogens is 439 g/mol. The van der Waals surface area contributed by atoms with Gasteiger partial charge in [-0.3, -0.25) is 9.59 Å². The van der Waals surface area contributed by atoms with Gasteiger partial charge in [0.2, 0.25) is 11.8 Å². The van der Waals surface area contributed by atoms with Gasteiger partial charge in [0, 0.05) is 28.4 Å². The van der Waals surface area contributed by atoms with Gasteiger partial charge in [0.15, 0.2) is 0 Å². The number of rotatable bonds is 10. The standard InChI is InChI=1S/C23H28Cl2N2O2S/c1-4-21(23(29)26-16(2)3)27(13-18-9-5-6-11-20(18)25)22(28)15-30-14-17-8-7-10-19(24)12-17/h5-12,16,21H,4,13-15H2,1-3H3,(H,26,29)/t21-/m0/s1. The van der Waals surface area contributed by atoms with Crippen molar-refractivity contribution in [1.82, 2.24) is 10.2 Å². The fourth-order valence-corrected chi connectivity index (χ4v) is 4.34. The van der Waals surface area contributed by atoms with E-state index in [9.17, 15) is 9.59 Å². The van der Waals surface area contributed by atoms with Crippen molar-refractivity contribution >= 4 is 46.8 Å². The van der Waals surface area contributed by atoms with E-state index >= 15 is 0 Å². The summed E-state index contributed by atoms with van der Waals surface area (Å²) in [6.07, 6.45) is 0.522. The highest BCUT2D eigenvalue weighted by Crippen LogP contribution is 2.22. The normalized spacial score (nSPS) is 11.9. The highest BCUT2D eigenvalue weighted by atomic mass is 35.5. The van der Waals surface area contributed by atoms with E-state index in [1.165, 1.54) is 11.8 Å². The molecule has 0 aliphatic heterocycles. The van der Waals surface area contributed by atoms with Crippen molar-refractivity contribution < 1.29 is 9.59 Å². The molecule has 1 atom stereocenters. The number of halogens is 2. The Morgan fingerprint density at radius 3 is 2.47 bits per heavy atom. The third-order valence-corrected chi connectivity index (χ3v) is 6.09. The number of hydrogen-bond donors (Lipinski definition) is 1. The summed E-state index contributed by atoms with van der Waals surface area (Å²) in [5, 5.41) is 4.19. The first-order chi connectivity index (χ1) is 14.3. The molecule has 0 bridgehead atoms. The van der Waals surface area contributed by atoms with Crippen LogP contribution in [0.15, 0.2) is 48.5 Å². The Labute approximate surface area is 193 Å². The molecule has 0 heterocycles. The zero-order valence-electron chi connectivity index (χ0n) is 17.5. The van der Waals surface area contributed by atoms with E-state index < -0.39 is 6.04 Å². The lowest BCUT2D eigenvalue weighted by Gasteiger charge is -2.31. The maximum absolute atomic E-state index is 13.2. The summed E-state index contributed by atoms with van der Waals surface area (Å²) in [7, 11) is 0. The van der Waals surface area contributed by atoms with Gasteiger partial charge in [0.1, 0.15) is 6.04 Å². The number of benzene rings is 2. The maximum atomic E-state index is 13.2. The monoisotopic (exact) mass is 466 g/mol. The van der Waals surface area contributed by atoms with Crippen molar-refractivity contribution in [2.75, 3.05) is 5.75 Å². The summed E-state index contributed by atoms with van der Waals surface area (Å²) in [5.74, 6) is 0.698. The van der Waals surface area contributed by atoms with Crippen LogP contribution in [0, 0.1) is 0 Å². The Bertz CT molecular complexity index is 861. The van der Waals surface area contributed by atoms with E-state index in [0.29, 0.717) is 28.8 Å². The number of thioether (sulfide) groups is 1. The van der Waals surface area contributed by atoms with Gasteiger partial charge in [0.25, 0.3) is 0 Å². The minimum Gasteiger partial charge on any atom is -0.352 e. The van der Waals surface area contributed by atoms with Crippen LogP contribution in [0.2, 0.25) is 10.0 Å². The average molecular weight is 467 g/mol. The molecule has 4 nitrogen and oxygen atoms in total. The smallest absolute Gasteiger partial charge is 0.243 e. The molecule has 0 aliphatic carbocycles. The summed E-state index contributed by atoms with van der Waals surface area (Å²) in [4.78, 5) is 27.6. The molecule has 1 N–H and O–H groups in total. The van der Waals surface area contributed by atoms with E-state index in [1.807, 2.05) is 63.2 Å². The van der Waals surface area contributed by atoms with E-state index in [-0.39, 0.29) is 23.6 Å². The molecule has 2 aromatic carbocycles. The molecule has 0 saturated carbocycles. The maximum Gasteiger partial charge on any atom is 0.243 e. The summed E-state index contributed by atoms with van der Waals surface area (Å²) < 4.78 is 0. The Morgan fingerprint density at radius 1 is 1.10 bits per heavy atom. The van der Waals surface area contributed by atoms with E-state index in [0.717, 1.165) is 11.1 Å². The van der Waals surface area contributed by atoms with Crippen molar-refractivity contribution in [3.8, 4) is 0 Å². The number of nitrogens with one attached hydrogen (secondary N) is 1. The minimum absolute atomic E-state index is 0.000944. The third kappa shape index (κ3) is 7.53. The lowest BCUT2D eigenvalue weighted by molar-refractivity contribution is -0.139. The molecule has 7 heteroatoms. The highest BCUT2D eigenvalue weighted by Gasteiger charge is 2.29. The second-order valence-electron chi connectivity index (χ2n) is 7.32. The SMILES string of the molecule is CC[C@@H](C(=O)NC(C)C)N(Cc1ccccc1Cl)C(=O)CSCc1cccc(Cl)c1. The van der Waals surface area contributed by atoms with Crippen molar-refractivity contribution in [3.63, 3.8) is 0 Å². The van der Waals surface area contributed by atoms with Crippen molar-refractivity contribution in [3.05, 3.63) is 69.7 Å². The lowest BCUT2D eigenvalue weighted by atomic mass is 10.1. The van der Waals surface area contributed by atoms with Crippen molar-refractivity contribution in [1.29, 1.82) is 0 Å². The number of hydrogen-bond acceptors (Lipinski definition) is 3. The quantitative estimate of drug-likeness (QED) is 0.498. The van der Waals surface area contributed by atoms with Crippen LogP contribution in [-0.2, 0) is 21.9 Å². The first-order valence-corrected chi connectivity index (χ1v) is 11.9. The van der Waals surface area contributed by atoms with E-state index in [4.69, 9.17) is 23.2 Å². The van der Waals surface area contributed by atoms with Gasteiger partial charge in [-0.25, -0.2) is 0 Å². The van der Waals surface area contributed by atoms with Crippen LogP contribution in [0.5, 0.6) is 0 Å². The largest absolute Gasteiger partial charge is 0.352 e. The predicted octanol–water partition coefficient (Wildman–Crippen LogP) is 5.56. The van der Waals surface area contributed by atoms with Crippen LogP contribution in [0.3, 0.4) is 0 Å². The number of amides is 2. The lowest BCUT2D eigenvalue weighted by Crippen LogP contribution is -2.51. The van der Waals surface area contributed by atoms with Crippen LogP contribution >= 0.6 is 35.0 Å². The van der Waals surface area contributed by atoms with Gasteiger partial charge < -0.3 is 10.2 Å². The Morgan fingerprint density at radius 2 is 1.83 bits per heavy atom. The number of carbonyl (C=O) groups excluding carboxylic acids is 2. The van der Waals surface area contributed by atoms with Gasteiger partial charge in [-0.1, -0.05) is 60.5 Å². The van der Waals surface area contributed by atoms with Crippen LogP contribution < -0.4 is 5.32 Å². The zero-order valence-corrected chi connectivity index (χ0v) is 19.9. The summed E-state index contributed by atoms with van der Waals surface area (Å²) >= 11 is 13.9. The van der Waals surface area contributed by atoms with Gasteiger partial charge >= 0.3 is 0 Å². The molecule has 2 amide bonds. The van der Waals surface area contributed by atoms with Crippen LogP contribution in [-0.4, -0.2) is 34.6 Å². The first-order valence-electron chi connectivity index (χ1n) is 9.97. The van der Waals surface area contributed by atoms with E-state index in [1.54, 1.807) is 11.0 Å². The molecular formula is C23H28Cl2N2O2S. The second-order valence-corrected chi connectivity index (χ2v) is 9.15. The molecule has 0 spiro atoms. The molecule has 0 aromatic heterocycles. The Kier molecular flexibility index (Phi) is 10.0. The summed E-state index contributed by atoms with van der Waals surface area (Å²) in [6.45, 7) is 6.02. The van der Waals surface area contributed by atoms with Gasteiger partial charge in [-0.05, 0) is 49.6 Å². The van der Waals surface area contributed by atoms with Gasteiger partial charge in [-0.2, -0.15) is 0 Å². The molecule has 0 fully saturated rings. The fourth-order valence-electron chi connectivity index (χ4n) is 3.08. The fraction of sp³-hybridized carbons (Fsp3) is 0.391. The van der Waals surface area contributed by atoms with Crippen molar-refractivity contribution in [2.24, 2.45) is 0 Å². The van der Waals surface area contributed by atoms with E-state index in [2.05, 4.69) is 5.32 Å². The van der Waals surface area contributed by atoms with Gasteiger partial charge in [0.05, 0.1) is 5.75 Å². The molecule has 0 unspecified atom stereocenters. The predicted molar refractivity (Wildman–Crippen MR) is 127 cm³/mol. The summed E-state index contributed by atoms with van der Waals surface area (Å²) in [5.41, 5.74) is 1.88. The highest BCUT2D eigenvalue weighted by molar-refractivity contribution is 7.99. The molecule has 2 aromatic rings.